The lowest BCUT2D eigenvalue weighted by Crippen LogP contribution is -2.34. The number of hydrogen-bond donors (Lipinski definition) is 1. The van der Waals surface area contributed by atoms with Gasteiger partial charge in [0.1, 0.15) is 0 Å². The molecule has 0 spiro atoms. The van der Waals surface area contributed by atoms with Gasteiger partial charge in [0, 0.05) is 13.6 Å². The first-order valence-electron chi connectivity index (χ1n) is 3.94. The molecule has 1 N–H and O–H groups in total. The summed E-state index contributed by atoms with van der Waals surface area (Å²) >= 11 is 1.28. The summed E-state index contributed by atoms with van der Waals surface area (Å²) in [7, 11) is 1.64. The summed E-state index contributed by atoms with van der Waals surface area (Å²) in [5, 5.41) is 17.2. The van der Waals surface area contributed by atoms with E-state index in [0.29, 0.717) is 18.1 Å². The first-order chi connectivity index (χ1) is 6.07. The molecule has 13 heavy (non-hydrogen) atoms. The monoisotopic (exact) mass is 202 g/mol. The Kier molecular flexibility index (Phi) is 6.37. The minimum absolute atomic E-state index is 0.0545. The number of aliphatic hydroxyl groups excluding tert-OH is 1. The fourth-order valence-corrected chi connectivity index (χ4v) is 1.38. The lowest BCUT2D eigenvalue weighted by atomic mass is 10.4. The molecule has 0 aromatic carbocycles. The molecule has 1 amide bonds. The number of nitrogens with zero attached hydrogens (tertiary/aromatic N) is 2. The van der Waals surface area contributed by atoms with Crippen molar-refractivity contribution in [1.82, 2.24) is 4.90 Å². The van der Waals surface area contributed by atoms with Crippen molar-refractivity contribution in [3.63, 3.8) is 0 Å². The number of nitriles is 1. The van der Waals surface area contributed by atoms with Crippen LogP contribution in [0, 0.1) is 11.3 Å². The Bertz CT molecular complexity index is 201. The summed E-state index contributed by atoms with van der Waals surface area (Å²) in [6.07, 6.45) is -0.505. The SMILES string of the molecule is CC(O)CN(C)C(=O)CSCC#N. The Balaban J connectivity index is 3.64. The summed E-state index contributed by atoms with van der Waals surface area (Å²) in [6, 6.07) is 1.95. The Morgan fingerprint density at radius 1 is 1.77 bits per heavy atom. The Morgan fingerprint density at radius 3 is 2.85 bits per heavy atom. The molecule has 0 bridgehead atoms. The standard InChI is InChI=1S/C8H14N2O2S/c1-7(11)5-10(2)8(12)6-13-4-3-9/h7,11H,4-6H2,1-2H3. The van der Waals surface area contributed by atoms with E-state index in [4.69, 9.17) is 10.4 Å². The van der Waals surface area contributed by atoms with Crippen LogP contribution in [-0.4, -0.2) is 47.1 Å². The minimum Gasteiger partial charge on any atom is -0.392 e. The van der Waals surface area contributed by atoms with Crippen molar-refractivity contribution in [3.05, 3.63) is 0 Å². The van der Waals surface area contributed by atoms with Gasteiger partial charge < -0.3 is 10.0 Å². The van der Waals surface area contributed by atoms with Gasteiger partial charge in [0.05, 0.1) is 23.7 Å². The molecule has 0 heterocycles. The van der Waals surface area contributed by atoms with Crippen LogP contribution in [0.15, 0.2) is 0 Å². The first-order valence-corrected chi connectivity index (χ1v) is 5.10. The zero-order valence-electron chi connectivity index (χ0n) is 7.86. The van der Waals surface area contributed by atoms with Gasteiger partial charge in [0.25, 0.3) is 0 Å². The van der Waals surface area contributed by atoms with Crippen molar-refractivity contribution in [2.45, 2.75) is 13.0 Å². The van der Waals surface area contributed by atoms with Gasteiger partial charge in [0.15, 0.2) is 0 Å². The van der Waals surface area contributed by atoms with Crippen molar-refractivity contribution >= 4 is 17.7 Å². The van der Waals surface area contributed by atoms with Gasteiger partial charge in [-0.15, -0.1) is 11.8 Å². The van der Waals surface area contributed by atoms with E-state index in [-0.39, 0.29) is 5.91 Å². The smallest absolute Gasteiger partial charge is 0.232 e. The van der Waals surface area contributed by atoms with Crippen molar-refractivity contribution in [2.75, 3.05) is 25.1 Å². The van der Waals surface area contributed by atoms with Gasteiger partial charge in [-0.05, 0) is 6.92 Å². The number of rotatable bonds is 5. The molecule has 0 aliphatic heterocycles. The van der Waals surface area contributed by atoms with E-state index in [9.17, 15) is 4.79 Å². The number of carbonyl (C=O) groups is 1. The maximum Gasteiger partial charge on any atom is 0.232 e. The fourth-order valence-electron chi connectivity index (χ4n) is 0.792. The van der Waals surface area contributed by atoms with Gasteiger partial charge in [0.2, 0.25) is 5.91 Å². The first kappa shape index (κ1) is 12.3. The topological polar surface area (TPSA) is 64.3 Å². The van der Waals surface area contributed by atoms with Gasteiger partial charge in [-0.3, -0.25) is 4.79 Å². The lowest BCUT2D eigenvalue weighted by molar-refractivity contribution is -0.128. The average Bonchev–Trinajstić information content (AvgIpc) is 2.03. The van der Waals surface area contributed by atoms with Crippen LogP contribution in [-0.2, 0) is 4.79 Å². The molecule has 1 unspecified atom stereocenters. The molecule has 0 aromatic heterocycles. The largest absolute Gasteiger partial charge is 0.392 e. The van der Waals surface area contributed by atoms with Crippen molar-refractivity contribution in [1.29, 1.82) is 5.26 Å². The predicted molar refractivity (Wildman–Crippen MR) is 52.3 cm³/mol. The van der Waals surface area contributed by atoms with Crippen LogP contribution in [0.5, 0.6) is 0 Å². The number of carbonyl (C=O) groups excluding carboxylic acids is 1. The van der Waals surface area contributed by atoms with Crippen LogP contribution in [0.1, 0.15) is 6.92 Å². The zero-order valence-corrected chi connectivity index (χ0v) is 8.67. The molecular formula is C8H14N2O2S. The molecule has 0 saturated carbocycles. The van der Waals surface area contributed by atoms with Crippen LogP contribution < -0.4 is 0 Å². The highest BCUT2D eigenvalue weighted by Gasteiger charge is 2.09. The lowest BCUT2D eigenvalue weighted by Gasteiger charge is -2.18. The molecular weight excluding hydrogens is 188 g/mol. The quantitative estimate of drug-likeness (QED) is 0.641. The van der Waals surface area contributed by atoms with Crippen LogP contribution in [0.3, 0.4) is 0 Å². The maximum absolute atomic E-state index is 11.2. The Hall–Kier alpha value is -0.730. The third kappa shape index (κ3) is 6.43. The van der Waals surface area contributed by atoms with Gasteiger partial charge in [-0.2, -0.15) is 5.26 Å². The molecule has 0 radical (unpaired) electrons. The molecule has 74 valence electrons. The highest BCUT2D eigenvalue weighted by atomic mass is 32.2. The third-order valence-corrected chi connectivity index (χ3v) is 2.14. The van der Waals surface area contributed by atoms with Crippen LogP contribution in [0.4, 0.5) is 0 Å². The summed E-state index contributed by atoms with van der Waals surface area (Å²) in [5.41, 5.74) is 0. The summed E-state index contributed by atoms with van der Waals surface area (Å²) in [4.78, 5) is 12.7. The van der Waals surface area contributed by atoms with Crippen LogP contribution >= 0.6 is 11.8 Å². The normalized spacial score (nSPS) is 11.8. The molecule has 0 aliphatic carbocycles. The molecule has 5 heteroatoms. The van der Waals surface area contributed by atoms with E-state index < -0.39 is 6.10 Å². The molecule has 0 aliphatic rings. The highest BCUT2D eigenvalue weighted by molar-refractivity contribution is 8.00. The van der Waals surface area contributed by atoms with E-state index >= 15 is 0 Å². The number of aliphatic hydroxyl groups is 1. The third-order valence-electron chi connectivity index (χ3n) is 1.36. The van der Waals surface area contributed by atoms with Crippen LogP contribution in [0.25, 0.3) is 0 Å². The second-order valence-electron chi connectivity index (χ2n) is 2.77. The van der Waals surface area contributed by atoms with E-state index in [1.807, 2.05) is 6.07 Å². The Morgan fingerprint density at radius 2 is 2.38 bits per heavy atom. The summed E-state index contributed by atoms with van der Waals surface area (Å²) in [5.74, 6) is 0.576. The van der Waals surface area contributed by atoms with Gasteiger partial charge in [-0.1, -0.05) is 0 Å². The Labute approximate surface area is 82.5 Å². The maximum atomic E-state index is 11.2. The van der Waals surface area contributed by atoms with Crippen molar-refractivity contribution < 1.29 is 9.90 Å². The number of amides is 1. The molecule has 4 nitrogen and oxygen atoms in total. The molecule has 1 atom stereocenters. The van der Waals surface area contributed by atoms with Gasteiger partial charge >= 0.3 is 0 Å². The second kappa shape index (κ2) is 6.75. The molecule has 0 rings (SSSR count). The molecule has 0 fully saturated rings. The summed E-state index contributed by atoms with van der Waals surface area (Å²) < 4.78 is 0. The number of likely N-dealkylation sites (N-methyl/N-ethyl adjacent to an activating group) is 1. The average molecular weight is 202 g/mol. The minimum atomic E-state index is -0.505. The van der Waals surface area contributed by atoms with E-state index in [2.05, 4.69) is 0 Å². The highest BCUT2D eigenvalue weighted by Crippen LogP contribution is 2.00. The van der Waals surface area contributed by atoms with Gasteiger partial charge in [-0.25, -0.2) is 0 Å². The van der Waals surface area contributed by atoms with Crippen LogP contribution in [0.2, 0.25) is 0 Å². The van der Waals surface area contributed by atoms with E-state index in [1.54, 1.807) is 14.0 Å². The molecule has 0 aromatic rings. The fraction of sp³-hybridized carbons (Fsp3) is 0.750. The number of thioether (sulfide) groups is 1. The second-order valence-corrected chi connectivity index (χ2v) is 3.76. The predicted octanol–water partition coefficient (Wildman–Crippen LogP) is 0.0824. The van der Waals surface area contributed by atoms with Crippen molar-refractivity contribution in [3.8, 4) is 6.07 Å². The van der Waals surface area contributed by atoms with E-state index in [0.717, 1.165) is 0 Å². The zero-order chi connectivity index (χ0) is 10.3. The number of hydrogen-bond acceptors (Lipinski definition) is 4. The summed E-state index contributed by atoms with van der Waals surface area (Å²) in [6.45, 7) is 1.97. The van der Waals surface area contributed by atoms with Crippen molar-refractivity contribution in [2.24, 2.45) is 0 Å². The van der Waals surface area contributed by atoms with E-state index in [1.165, 1.54) is 16.7 Å². The molecule has 0 saturated heterocycles.